The Morgan fingerprint density at radius 1 is 1.54 bits per heavy atom. The zero-order valence-corrected chi connectivity index (χ0v) is 9.08. The van der Waals surface area contributed by atoms with Crippen molar-refractivity contribution in [1.29, 1.82) is 0 Å². The Hall–Kier alpha value is -0.830. The molecule has 0 saturated carbocycles. The Balaban J connectivity index is 2.63. The number of alkyl halides is 1. The van der Waals surface area contributed by atoms with E-state index in [4.69, 9.17) is 0 Å². The molecular weight excluding hydrogens is 228 g/mol. The third-order valence-electron chi connectivity index (χ3n) is 2.18. The number of pyridine rings is 1. The van der Waals surface area contributed by atoms with Gasteiger partial charge in [0.2, 0.25) is 0 Å². The van der Waals surface area contributed by atoms with E-state index in [1.165, 1.54) is 10.9 Å². The summed E-state index contributed by atoms with van der Waals surface area (Å²) in [7, 11) is 2.03. The highest BCUT2D eigenvalue weighted by molar-refractivity contribution is 9.09. The van der Waals surface area contributed by atoms with Crippen LogP contribution in [-0.2, 0) is 13.5 Å². The lowest BCUT2D eigenvalue weighted by atomic mass is 10.2. The molecule has 0 spiro atoms. The molecule has 2 aromatic rings. The first-order valence-corrected chi connectivity index (χ1v) is 5.40. The molecule has 0 aliphatic rings. The average Bonchev–Trinajstić information content (AvgIpc) is 2.46. The van der Waals surface area contributed by atoms with Crippen LogP contribution in [0.1, 0.15) is 5.56 Å². The van der Waals surface area contributed by atoms with Crippen LogP contribution in [0.25, 0.3) is 11.0 Å². The van der Waals surface area contributed by atoms with Gasteiger partial charge in [-0.15, -0.1) is 0 Å². The van der Waals surface area contributed by atoms with Crippen molar-refractivity contribution in [2.75, 3.05) is 5.33 Å². The van der Waals surface area contributed by atoms with Gasteiger partial charge in [-0.25, -0.2) is 4.98 Å². The summed E-state index contributed by atoms with van der Waals surface area (Å²) in [6.07, 6.45) is 5.04. The predicted octanol–water partition coefficient (Wildman–Crippen LogP) is 2.51. The maximum atomic E-state index is 4.33. The van der Waals surface area contributed by atoms with E-state index < -0.39 is 0 Å². The molecule has 0 bridgehead atoms. The molecule has 68 valence electrons. The van der Waals surface area contributed by atoms with Crippen molar-refractivity contribution >= 4 is 27.0 Å². The van der Waals surface area contributed by atoms with E-state index in [0.29, 0.717) is 0 Å². The fourth-order valence-electron chi connectivity index (χ4n) is 1.59. The van der Waals surface area contributed by atoms with E-state index in [1.54, 1.807) is 0 Å². The van der Waals surface area contributed by atoms with E-state index in [-0.39, 0.29) is 0 Å². The fraction of sp³-hybridized carbons (Fsp3) is 0.300. The largest absolute Gasteiger partial charge is 0.335 e. The zero-order valence-electron chi connectivity index (χ0n) is 7.50. The van der Waals surface area contributed by atoms with E-state index in [0.717, 1.165) is 17.4 Å². The lowest BCUT2D eigenvalue weighted by molar-refractivity contribution is 0.938. The molecular formula is C10H11BrN2. The van der Waals surface area contributed by atoms with Crippen molar-refractivity contribution in [3.8, 4) is 0 Å². The van der Waals surface area contributed by atoms with Crippen LogP contribution in [0, 0.1) is 0 Å². The fourth-order valence-corrected chi connectivity index (χ4v) is 2.02. The summed E-state index contributed by atoms with van der Waals surface area (Å²) in [6, 6.07) is 4.11. The Labute approximate surface area is 85.7 Å². The molecule has 2 aromatic heterocycles. The molecule has 0 atom stereocenters. The second kappa shape index (κ2) is 3.50. The molecule has 2 nitrogen and oxygen atoms in total. The first kappa shape index (κ1) is 8.75. The number of nitrogens with zero attached hydrogens (tertiary/aromatic N) is 2. The molecule has 3 heteroatoms. The minimum Gasteiger partial charge on any atom is -0.335 e. The summed E-state index contributed by atoms with van der Waals surface area (Å²) in [5.74, 6) is 0. The molecule has 0 aromatic carbocycles. The van der Waals surface area contributed by atoms with Gasteiger partial charge in [-0.2, -0.15) is 0 Å². The smallest absolute Gasteiger partial charge is 0.139 e. The van der Waals surface area contributed by atoms with Gasteiger partial charge in [-0.3, -0.25) is 0 Å². The first-order chi connectivity index (χ1) is 6.33. The highest BCUT2D eigenvalue weighted by Crippen LogP contribution is 2.18. The lowest BCUT2D eigenvalue weighted by Gasteiger charge is -1.93. The highest BCUT2D eigenvalue weighted by atomic mass is 79.9. The number of halogens is 1. The van der Waals surface area contributed by atoms with Gasteiger partial charge in [-0.1, -0.05) is 15.9 Å². The van der Waals surface area contributed by atoms with Crippen molar-refractivity contribution < 1.29 is 0 Å². The summed E-state index contributed by atoms with van der Waals surface area (Å²) in [4.78, 5) is 4.33. The summed E-state index contributed by atoms with van der Waals surface area (Å²) < 4.78 is 2.08. The molecule has 0 saturated heterocycles. The summed E-state index contributed by atoms with van der Waals surface area (Å²) in [6.45, 7) is 0. The Kier molecular flexibility index (Phi) is 2.36. The number of rotatable bonds is 2. The van der Waals surface area contributed by atoms with Crippen LogP contribution < -0.4 is 0 Å². The van der Waals surface area contributed by atoms with Crippen molar-refractivity contribution in [1.82, 2.24) is 9.55 Å². The van der Waals surface area contributed by atoms with Crippen LogP contribution in [-0.4, -0.2) is 14.9 Å². The van der Waals surface area contributed by atoms with E-state index in [1.807, 2.05) is 19.3 Å². The normalized spacial score (nSPS) is 10.9. The quantitative estimate of drug-likeness (QED) is 0.736. The number of hydrogen-bond donors (Lipinski definition) is 0. The predicted molar refractivity (Wildman–Crippen MR) is 58.2 cm³/mol. The van der Waals surface area contributed by atoms with Crippen LogP contribution >= 0.6 is 15.9 Å². The van der Waals surface area contributed by atoms with Crippen LogP contribution in [0.15, 0.2) is 24.5 Å². The number of aryl methyl sites for hydroxylation is 2. The van der Waals surface area contributed by atoms with Crippen molar-refractivity contribution in [2.45, 2.75) is 6.42 Å². The van der Waals surface area contributed by atoms with Gasteiger partial charge in [0, 0.05) is 30.2 Å². The van der Waals surface area contributed by atoms with Gasteiger partial charge in [0.1, 0.15) is 5.65 Å². The molecule has 13 heavy (non-hydrogen) atoms. The van der Waals surface area contributed by atoms with Crippen molar-refractivity contribution in [2.24, 2.45) is 7.05 Å². The van der Waals surface area contributed by atoms with Gasteiger partial charge >= 0.3 is 0 Å². The molecule has 0 aliphatic heterocycles. The summed E-state index contributed by atoms with van der Waals surface area (Å²) in [5.41, 5.74) is 2.43. The van der Waals surface area contributed by atoms with Crippen LogP contribution in [0.3, 0.4) is 0 Å². The van der Waals surface area contributed by atoms with E-state index >= 15 is 0 Å². The summed E-state index contributed by atoms with van der Waals surface area (Å²) >= 11 is 3.45. The average molecular weight is 239 g/mol. The Bertz CT molecular complexity index is 420. The van der Waals surface area contributed by atoms with E-state index in [2.05, 4.69) is 37.7 Å². The first-order valence-electron chi connectivity index (χ1n) is 4.28. The minimum atomic E-state index is 1.00. The molecule has 0 unspecified atom stereocenters. The van der Waals surface area contributed by atoms with Crippen molar-refractivity contribution in [3.63, 3.8) is 0 Å². The molecule has 0 N–H and O–H groups in total. The maximum absolute atomic E-state index is 4.33. The summed E-state index contributed by atoms with van der Waals surface area (Å²) in [5, 5.41) is 2.27. The number of aromatic nitrogens is 2. The third-order valence-corrected chi connectivity index (χ3v) is 2.58. The van der Waals surface area contributed by atoms with Gasteiger partial charge < -0.3 is 4.57 Å². The number of hydrogen-bond acceptors (Lipinski definition) is 1. The van der Waals surface area contributed by atoms with Gasteiger partial charge in [0.25, 0.3) is 0 Å². The second-order valence-corrected chi connectivity index (χ2v) is 3.87. The van der Waals surface area contributed by atoms with Crippen LogP contribution in [0.4, 0.5) is 0 Å². The van der Waals surface area contributed by atoms with E-state index in [9.17, 15) is 0 Å². The van der Waals surface area contributed by atoms with Gasteiger partial charge in [-0.05, 0) is 24.1 Å². The van der Waals surface area contributed by atoms with Gasteiger partial charge in [0.05, 0.1) is 0 Å². The zero-order chi connectivity index (χ0) is 9.26. The maximum Gasteiger partial charge on any atom is 0.139 e. The Morgan fingerprint density at radius 2 is 2.38 bits per heavy atom. The molecule has 0 fully saturated rings. The molecule has 0 aliphatic carbocycles. The molecule has 2 rings (SSSR count). The minimum absolute atomic E-state index is 1.00. The standard InChI is InChI=1S/C10H11BrN2/c1-13-7-8(4-5-11)9-3-2-6-12-10(9)13/h2-3,6-7H,4-5H2,1H3. The molecule has 0 radical (unpaired) electrons. The van der Waals surface area contributed by atoms with Gasteiger partial charge in [0.15, 0.2) is 0 Å². The highest BCUT2D eigenvalue weighted by Gasteiger charge is 2.05. The monoisotopic (exact) mass is 238 g/mol. The Morgan fingerprint density at radius 3 is 3.15 bits per heavy atom. The topological polar surface area (TPSA) is 17.8 Å². The SMILES string of the molecule is Cn1cc(CCBr)c2cccnc21. The third kappa shape index (κ3) is 1.48. The van der Waals surface area contributed by atoms with Crippen molar-refractivity contribution in [3.05, 3.63) is 30.1 Å². The van der Waals surface area contributed by atoms with Crippen LogP contribution in [0.5, 0.6) is 0 Å². The number of fused-ring (bicyclic) bond motifs is 1. The van der Waals surface area contributed by atoms with Crippen LogP contribution in [0.2, 0.25) is 0 Å². The molecule has 2 heterocycles. The lowest BCUT2D eigenvalue weighted by Crippen LogP contribution is -1.85. The second-order valence-electron chi connectivity index (χ2n) is 3.08. The molecule has 0 amide bonds.